The van der Waals surface area contributed by atoms with Crippen molar-refractivity contribution in [1.82, 2.24) is 4.90 Å². The number of hydrogen-bond donors (Lipinski definition) is 6. The first-order chi connectivity index (χ1) is 26.5. The number of Topliss-reactive ketones (excluding diaryl/α,β-unsaturated/α-hetero) is 1. The SMILES string of the molecule is CC.CC.CC.CC.CC.CC1CC(N(C)C)CC(O)O1.CC1CCC[C@](C)(O)C[C@@H](C)C(=O)C(C)C(O)[C@](C)(O)COC1=O.CO[C@]1(C)CC(O)O[C@@H](C)C1O. The van der Waals surface area contributed by atoms with Crippen molar-refractivity contribution in [2.75, 3.05) is 27.8 Å². The number of aliphatic hydroxyl groups is 6. The molecule has 0 aromatic heterocycles. The van der Waals surface area contributed by atoms with Gasteiger partial charge in [0.1, 0.15) is 24.1 Å². The maximum atomic E-state index is 12.5. The molecule has 13 heteroatoms. The van der Waals surface area contributed by atoms with Crippen LogP contribution in [0.5, 0.6) is 0 Å². The van der Waals surface area contributed by atoms with Crippen LogP contribution in [0.25, 0.3) is 0 Å². The molecule has 6 N–H and O–H groups in total. The van der Waals surface area contributed by atoms with Gasteiger partial charge in [-0.1, -0.05) is 90.0 Å². The normalized spacial score (nSPS) is 37.0. The van der Waals surface area contributed by atoms with Crippen LogP contribution in [0.15, 0.2) is 0 Å². The fourth-order valence-corrected chi connectivity index (χ4v) is 6.41. The first kappa shape index (κ1) is 64.9. The number of carbonyl (C=O) groups is 2. The van der Waals surface area contributed by atoms with Crippen molar-refractivity contribution in [3.8, 4) is 0 Å². The van der Waals surface area contributed by atoms with E-state index in [4.69, 9.17) is 18.9 Å². The largest absolute Gasteiger partial charge is 0.462 e. The Morgan fingerprint density at radius 1 is 0.702 bits per heavy atom. The van der Waals surface area contributed by atoms with Gasteiger partial charge in [0.15, 0.2) is 12.6 Å². The lowest BCUT2D eigenvalue weighted by molar-refractivity contribution is -0.263. The number of esters is 1. The fourth-order valence-electron chi connectivity index (χ4n) is 6.41. The minimum Gasteiger partial charge on any atom is -0.462 e. The molecular formula is C44H95NO12. The molecule has 3 aliphatic heterocycles. The Morgan fingerprint density at radius 2 is 1.19 bits per heavy atom. The summed E-state index contributed by atoms with van der Waals surface area (Å²) in [5.41, 5.74) is -3.43. The zero-order chi connectivity index (χ0) is 46.5. The molecule has 3 heterocycles. The van der Waals surface area contributed by atoms with Crippen LogP contribution in [0.3, 0.4) is 0 Å². The van der Waals surface area contributed by atoms with Crippen LogP contribution in [0.1, 0.15) is 170 Å². The number of aliphatic hydroxyl groups excluding tert-OH is 4. The second kappa shape index (κ2) is 34.5. The summed E-state index contributed by atoms with van der Waals surface area (Å²) in [7, 11) is 5.60. The van der Waals surface area contributed by atoms with Crippen molar-refractivity contribution in [3.05, 3.63) is 0 Å². The van der Waals surface area contributed by atoms with Crippen LogP contribution in [0.2, 0.25) is 0 Å². The molecule has 0 saturated carbocycles. The third-order valence-electron chi connectivity index (χ3n) is 9.74. The van der Waals surface area contributed by atoms with Crippen LogP contribution in [0.4, 0.5) is 0 Å². The van der Waals surface area contributed by atoms with E-state index < -0.39 is 65.5 Å². The van der Waals surface area contributed by atoms with Crippen molar-refractivity contribution in [2.45, 2.75) is 229 Å². The molecule has 57 heavy (non-hydrogen) atoms. The Labute approximate surface area is 350 Å². The van der Waals surface area contributed by atoms with Gasteiger partial charge in [0.2, 0.25) is 0 Å². The summed E-state index contributed by atoms with van der Waals surface area (Å²) in [4.78, 5) is 26.7. The molecule has 0 spiro atoms. The van der Waals surface area contributed by atoms with E-state index in [1.54, 1.807) is 41.5 Å². The summed E-state index contributed by atoms with van der Waals surface area (Å²) in [5.74, 6) is -2.30. The Morgan fingerprint density at radius 3 is 1.63 bits per heavy atom. The maximum Gasteiger partial charge on any atom is 0.308 e. The highest BCUT2D eigenvalue weighted by molar-refractivity contribution is 5.83. The first-order valence-electron chi connectivity index (χ1n) is 21.9. The Kier molecular flexibility index (Phi) is 39.2. The number of cyclic esters (lactones) is 1. The van der Waals surface area contributed by atoms with Gasteiger partial charge in [-0.05, 0) is 80.8 Å². The second-order valence-corrected chi connectivity index (χ2v) is 14.9. The molecule has 348 valence electrons. The monoisotopic (exact) mass is 830 g/mol. The molecule has 8 unspecified atom stereocenters. The molecule has 3 fully saturated rings. The molecule has 0 bridgehead atoms. The van der Waals surface area contributed by atoms with Gasteiger partial charge >= 0.3 is 5.97 Å². The maximum absolute atomic E-state index is 12.5. The van der Waals surface area contributed by atoms with Gasteiger partial charge < -0.3 is 54.5 Å². The zero-order valence-electron chi connectivity index (χ0n) is 40.5. The van der Waals surface area contributed by atoms with Crippen LogP contribution >= 0.6 is 0 Å². The van der Waals surface area contributed by atoms with Gasteiger partial charge in [0.25, 0.3) is 0 Å². The summed E-state index contributed by atoms with van der Waals surface area (Å²) in [5, 5.41) is 59.4. The highest BCUT2D eigenvalue weighted by Crippen LogP contribution is 2.31. The van der Waals surface area contributed by atoms with Crippen LogP contribution < -0.4 is 0 Å². The molecule has 3 rings (SSSR count). The van der Waals surface area contributed by atoms with Gasteiger partial charge in [-0.3, -0.25) is 9.59 Å². The molecule has 0 aliphatic carbocycles. The molecule has 0 aromatic rings. The summed E-state index contributed by atoms with van der Waals surface area (Å²) in [6, 6.07) is 0.466. The number of rotatable bonds is 2. The lowest BCUT2D eigenvalue weighted by Crippen LogP contribution is -2.55. The Bertz CT molecular complexity index is 956. The van der Waals surface area contributed by atoms with Gasteiger partial charge in [-0.15, -0.1) is 0 Å². The summed E-state index contributed by atoms with van der Waals surface area (Å²) < 4.78 is 20.5. The van der Waals surface area contributed by atoms with Crippen molar-refractivity contribution in [1.29, 1.82) is 0 Å². The number of hydrogen-bond acceptors (Lipinski definition) is 13. The van der Waals surface area contributed by atoms with Gasteiger partial charge in [0, 0.05) is 37.8 Å². The minimum atomic E-state index is -1.71. The molecule has 13 atom stereocenters. The molecule has 13 nitrogen and oxygen atoms in total. The van der Waals surface area contributed by atoms with Crippen LogP contribution in [-0.4, -0.2) is 135 Å². The standard InChI is InChI=1S/C18H32O6.C8H17NO2.C8H16O4.5C2H6/c1-11-7-6-8-17(4,22)9-12(2)14(19)13(3)15(20)18(5,23)10-24-16(11)21;1-6-4-7(9(2)3)5-8(10)11-6;1-5-7(10)8(2,11-3)4-6(9)12-5;5*1-2/h11-13,15,20,22-23H,6-10H2,1-5H3;6-8,10H,4-5H2,1-3H3;5-7,9-10H,4H2,1-3H3;5*1-2H3/t11?,12-,13?,15?,17+,18-;;5-,6?,7?,8+;;;;;/m1.0...../s1. The number of nitrogens with zero attached hydrogens (tertiary/aromatic N) is 1. The number of ketones is 1. The van der Waals surface area contributed by atoms with E-state index in [-0.39, 0.29) is 30.8 Å². The Balaban J connectivity index is -0.000000229. The average molecular weight is 830 g/mol. The number of ether oxygens (including phenoxy) is 4. The topological polar surface area (TPSA) is 196 Å². The summed E-state index contributed by atoms with van der Waals surface area (Å²) in [6.45, 7) is 33.2. The van der Waals surface area contributed by atoms with E-state index in [0.717, 1.165) is 12.8 Å². The van der Waals surface area contributed by atoms with E-state index in [1.807, 2.05) is 90.3 Å². The molecular weight excluding hydrogens is 734 g/mol. The highest BCUT2D eigenvalue weighted by Gasteiger charge is 2.44. The van der Waals surface area contributed by atoms with Gasteiger partial charge in [0.05, 0.1) is 35.4 Å². The minimum absolute atomic E-state index is 0.186. The second-order valence-electron chi connectivity index (χ2n) is 14.9. The van der Waals surface area contributed by atoms with E-state index in [1.165, 1.54) is 14.0 Å². The third kappa shape index (κ3) is 25.9. The van der Waals surface area contributed by atoms with Gasteiger partial charge in [-0.2, -0.15) is 0 Å². The van der Waals surface area contributed by atoms with Crippen molar-refractivity contribution in [2.24, 2.45) is 17.8 Å². The average Bonchev–Trinajstić information content (AvgIpc) is 3.18. The summed E-state index contributed by atoms with van der Waals surface area (Å²) >= 11 is 0. The zero-order valence-corrected chi connectivity index (χ0v) is 40.5. The van der Waals surface area contributed by atoms with Crippen molar-refractivity contribution >= 4 is 11.8 Å². The quantitative estimate of drug-likeness (QED) is 0.158. The first-order valence-corrected chi connectivity index (χ1v) is 21.9. The molecule has 3 saturated heterocycles. The van der Waals surface area contributed by atoms with Crippen LogP contribution in [0, 0.1) is 17.8 Å². The van der Waals surface area contributed by atoms with Gasteiger partial charge in [-0.25, -0.2) is 0 Å². The predicted octanol–water partition coefficient (Wildman–Crippen LogP) is 6.89. The van der Waals surface area contributed by atoms with E-state index in [2.05, 4.69) is 4.90 Å². The lowest BCUT2D eigenvalue weighted by Gasteiger charge is -2.42. The molecule has 0 amide bonds. The third-order valence-corrected chi connectivity index (χ3v) is 9.74. The van der Waals surface area contributed by atoms with E-state index in [0.29, 0.717) is 31.7 Å². The summed E-state index contributed by atoms with van der Waals surface area (Å²) in [6.07, 6.45) is 0.354. The van der Waals surface area contributed by atoms with Crippen LogP contribution in [-0.2, 0) is 28.5 Å². The van der Waals surface area contributed by atoms with E-state index in [9.17, 15) is 40.2 Å². The number of carbonyl (C=O) groups excluding carboxylic acids is 2. The smallest absolute Gasteiger partial charge is 0.308 e. The molecule has 0 aromatic carbocycles. The molecule has 0 radical (unpaired) electrons. The fraction of sp³-hybridized carbons (Fsp3) is 0.955. The molecule has 3 aliphatic rings. The van der Waals surface area contributed by atoms with Crippen molar-refractivity contribution in [3.63, 3.8) is 0 Å². The van der Waals surface area contributed by atoms with Crippen molar-refractivity contribution < 1.29 is 59.2 Å². The number of methoxy groups -OCH3 is 1. The Hall–Kier alpha value is -1.26. The van der Waals surface area contributed by atoms with E-state index >= 15 is 0 Å². The highest BCUT2D eigenvalue weighted by atomic mass is 16.6. The predicted molar refractivity (Wildman–Crippen MR) is 232 cm³/mol. The lowest BCUT2D eigenvalue weighted by atomic mass is 9.79.